The number of nitrogens with zero attached hydrogens (tertiary/aromatic N) is 1. The summed E-state index contributed by atoms with van der Waals surface area (Å²) in [6, 6.07) is 16.2. The summed E-state index contributed by atoms with van der Waals surface area (Å²) >= 11 is 3.40. The van der Waals surface area contributed by atoms with Gasteiger partial charge in [0.1, 0.15) is 0 Å². The molecule has 0 saturated heterocycles. The molecule has 0 aliphatic carbocycles. The molecule has 0 aromatic heterocycles. The van der Waals surface area contributed by atoms with E-state index in [0.29, 0.717) is 5.56 Å². The number of benzene rings is 2. The fourth-order valence-electron chi connectivity index (χ4n) is 1.67. The molecule has 0 amide bonds. The van der Waals surface area contributed by atoms with Gasteiger partial charge in [-0.05, 0) is 30.7 Å². The van der Waals surface area contributed by atoms with Gasteiger partial charge in [-0.3, -0.25) is 0 Å². The van der Waals surface area contributed by atoms with Crippen LogP contribution in [0.2, 0.25) is 0 Å². The molecule has 0 unspecified atom stereocenters. The zero-order chi connectivity index (χ0) is 13.0. The number of rotatable bonds is 3. The lowest BCUT2D eigenvalue weighted by molar-refractivity contribution is 1.14. The van der Waals surface area contributed by atoms with Crippen molar-refractivity contribution in [2.75, 3.05) is 5.32 Å². The SMILES string of the molecule is Cc1ccc(CNc2cc(Br)cc(C#N)c2)cc1. The Morgan fingerprint density at radius 3 is 2.56 bits per heavy atom. The predicted molar refractivity (Wildman–Crippen MR) is 77.4 cm³/mol. The third-order valence-corrected chi connectivity index (χ3v) is 3.10. The van der Waals surface area contributed by atoms with E-state index < -0.39 is 0 Å². The van der Waals surface area contributed by atoms with Crippen LogP contribution in [0.1, 0.15) is 16.7 Å². The van der Waals surface area contributed by atoms with E-state index in [-0.39, 0.29) is 0 Å². The Bertz CT molecular complexity index is 582. The van der Waals surface area contributed by atoms with E-state index >= 15 is 0 Å². The van der Waals surface area contributed by atoms with Crippen molar-refractivity contribution in [3.63, 3.8) is 0 Å². The number of anilines is 1. The van der Waals surface area contributed by atoms with Gasteiger partial charge < -0.3 is 5.32 Å². The maximum atomic E-state index is 8.90. The maximum Gasteiger partial charge on any atom is 0.0992 e. The molecule has 2 rings (SSSR count). The van der Waals surface area contributed by atoms with E-state index in [9.17, 15) is 0 Å². The van der Waals surface area contributed by atoms with Crippen molar-refractivity contribution < 1.29 is 0 Å². The van der Waals surface area contributed by atoms with E-state index in [1.165, 1.54) is 11.1 Å². The summed E-state index contributed by atoms with van der Waals surface area (Å²) in [5.41, 5.74) is 4.07. The highest BCUT2D eigenvalue weighted by Gasteiger charge is 1.99. The van der Waals surface area contributed by atoms with Gasteiger partial charge in [-0.25, -0.2) is 0 Å². The Labute approximate surface area is 115 Å². The van der Waals surface area contributed by atoms with Crippen LogP contribution in [-0.2, 0) is 6.54 Å². The summed E-state index contributed by atoms with van der Waals surface area (Å²) in [4.78, 5) is 0. The van der Waals surface area contributed by atoms with Crippen LogP contribution in [0.25, 0.3) is 0 Å². The van der Waals surface area contributed by atoms with Crippen LogP contribution in [0, 0.1) is 18.3 Å². The second kappa shape index (κ2) is 5.70. The number of nitriles is 1. The van der Waals surface area contributed by atoms with Crippen molar-refractivity contribution in [1.82, 2.24) is 0 Å². The van der Waals surface area contributed by atoms with Gasteiger partial charge in [-0.15, -0.1) is 0 Å². The molecule has 2 aromatic carbocycles. The van der Waals surface area contributed by atoms with Crippen LogP contribution >= 0.6 is 15.9 Å². The average molecular weight is 301 g/mol. The van der Waals surface area contributed by atoms with Gasteiger partial charge >= 0.3 is 0 Å². The van der Waals surface area contributed by atoms with Gasteiger partial charge in [0, 0.05) is 16.7 Å². The molecular weight excluding hydrogens is 288 g/mol. The molecule has 0 atom stereocenters. The first-order valence-electron chi connectivity index (χ1n) is 5.67. The monoisotopic (exact) mass is 300 g/mol. The Balaban J connectivity index is 2.08. The minimum Gasteiger partial charge on any atom is -0.381 e. The second-order valence-electron chi connectivity index (χ2n) is 4.18. The molecule has 0 bridgehead atoms. The van der Waals surface area contributed by atoms with Crippen LogP contribution < -0.4 is 5.32 Å². The molecule has 0 fully saturated rings. The smallest absolute Gasteiger partial charge is 0.0992 e. The van der Waals surface area contributed by atoms with E-state index in [1.54, 1.807) is 6.07 Å². The normalized spacial score (nSPS) is 9.83. The number of aryl methyl sites for hydroxylation is 1. The zero-order valence-electron chi connectivity index (χ0n) is 10.1. The molecule has 1 N–H and O–H groups in total. The van der Waals surface area contributed by atoms with Crippen molar-refractivity contribution in [3.05, 3.63) is 63.6 Å². The van der Waals surface area contributed by atoms with E-state index in [1.807, 2.05) is 12.1 Å². The molecule has 0 radical (unpaired) electrons. The quantitative estimate of drug-likeness (QED) is 0.920. The van der Waals surface area contributed by atoms with Gasteiger partial charge in [-0.2, -0.15) is 5.26 Å². The lowest BCUT2D eigenvalue weighted by Gasteiger charge is -2.08. The van der Waals surface area contributed by atoms with Crippen molar-refractivity contribution in [2.45, 2.75) is 13.5 Å². The highest BCUT2D eigenvalue weighted by atomic mass is 79.9. The van der Waals surface area contributed by atoms with Crippen LogP contribution in [0.4, 0.5) is 5.69 Å². The lowest BCUT2D eigenvalue weighted by atomic mass is 10.1. The van der Waals surface area contributed by atoms with Gasteiger partial charge in [0.25, 0.3) is 0 Å². The largest absolute Gasteiger partial charge is 0.381 e. The molecule has 3 heteroatoms. The van der Waals surface area contributed by atoms with Gasteiger partial charge in [-0.1, -0.05) is 45.8 Å². The van der Waals surface area contributed by atoms with Gasteiger partial charge in [0.15, 0.2) is 0 Å². The third kappa shape index (κ3) is 3.35. The minimum absolute atomic E-state index is 0.649. The minimum atomic E-state index is 0.649. The number of hydrogen-bond donors (Lipinski definition) is 1. The number of hydrogen-bond acceptors (Lipinski definition) is 2. The first-order valence-corrected chi connectivity index (χ1v) is 6.47. The van der Waals surface area contributed by atoms with Crippen LogP contribution in [0.5, 0.6) is 0 Å². The van der Waals surface area contributed by atoms with Crippen molar-refractivity contribution in [3.8, 4) is 6.07 Å². The molecule has 2 nitrogen and oxygen atoms in total. The predicted octanol–water partition coefficient (Wildman–Crippen LogP) is 4.24. The summed E-state index contributed by atoms with van der Waals surface area (Å²) in [5.74, 6) is 0. The first-order chi connectivity index (χ1) is 8.67. The van der Waals surface area contributed by atoms with Crippen LogP contribution in [0.15, 0.2) is 46.9 Å². The Hall–Kier alpha value is -1.79. The molecule has 0 aliphatic rings. The standard InChI is InChI=1S/C15H13BrN2/c1-11-2-4-12(5-3-11)10-18-15-7-13(9-17)6-14(16)8-15/h2-8,18H,10H2,1H3. The molecular formula is C15H13BrN2. The van der Waals surface area contributed by atoms with Crippen LogP contribution in [-0.4, -0.2) is 0 Å². The molecule has 0 aliphatic heterocycles. The highest BCUT2D eigenvalue weighted by Crippen LogP contribution is 2.19. The second-order valence-corrected chi connectivity index (χ2v) is 5.10. The Morgan fingerprint density at radius 1 is 1.17 bits per heavy atom. The van der Waals surface area contributed by atoms with Crippen molar-refractivity contribution in [1.29, 1.82) is 5.26 Å². The van der Waals surface area contributed by atoms with Crippen LogP contribution in [0.3, 0.4) is 0 Å². The lowest BCUT2D eigenvalue weighted by Crippen LogP contribution is -1.99. The summed E-state index contributed by atoms with van der Waals surface area (Å²) in [7, 11) is 0. The molecule has 2 aromatic rings. The summed E-state index contributed by atoms with van der Waals surface area (Å²) in [6.45, 7) is 2.83. The fourth-order valence-corrected chi connectivity index (χ4v) is 2.16. The molecule has 90 valence electrons. The molecule has 0 saturated carbocycles. The van der Waals surface area contributed by atoms with E-state index in [2.05, 4.69) is 58.5 Å². The van der Waals surface area contributed by atoms with Gasteiger partial charge in [0.2, 0.25) is 0 Å². The van der Waals surface area contributed by atoms with Crippen molar-refractivity contribution in [2.24, 2.45) is 0 Å². The number of nitrogens with one attached hydrogen (secondary N) is 1. The topological polar surface area (TPSA) is 35.8 Å². The van der Waals surface area contributed by atoms with E-state index in [0.717, 1.165) is 16.7 Å². The summed E-state index contributed by atoms with van der Waals surface area (Å²) in [6.07, 6.45) is 0. The molecule has 0 heterocycles. The highest BCUT2D eigenvalue weighted by molar-refractivity contribution is 9.10. The van der Waals surface area contributed by atoms with Gasteiger partial charge in [0.05, 0.1) is 11.6 Å². The zero-order valence-corrected chi connectivity index (χ0v) is 11.7. The van der Waals surface area contributed by atoms with E-state index in [4.69, 9.17) is 5.26 Å². The third-order valence-electron chi connectivity index (χ3n) is 2.64. The maximum absolute atomic E-state index is 8.90. The summed E-state index contributed by atoms with van der Waals surface area (Å²) in [5, 5.41) is 12.2. The van der Waals surface area contributed by atoms with Crippen molar-refractivity contribution >= 4 is 21.6 Å². The average Bonchev–Trinajstić information content (AvgIpc) is 2.37. The molecule has 18 heavy (non-hydrogen) atoms. The summed E-state index contributed by atoms with van der Waals surface area (Å²) < 4.78 is 0.910. The number of halogens is 1. The first kappa shape index (κ1) is 12.7. The Morgan fingerprint density at radius 2 is 1.89 bits per heavy atom. The molecule has 0 spiro atoms. The Kier molecular flexibility index (Phi) is 4.01. The fraction of sp³-hybridized carbons (Fsp3) is 0.133.